The van der Waals surface area contributed by atoms with E-state index in [2.05, 4.69) is 23.1 Å². The Labute approximate surface area is 210 Å². The van der Waals surface area contributed by atoms with E-state index in [-0.39, 0.29) is 0 Å². The van der Waals surface area contributed by atoms with Crippen LogP contribution in [0.2, 0.25) is 0 Å². The van der Waals surface area contributed by atoms with Crippen LogP contribution >= 0.6 is 0 Å². The second-order valence-corrected chi connectivity index (χ2v) is 9.95. The Balaban J connectivity index is 1.23. The Kier molecular flexibility index (Phi) is 9.76. The standard InChI is InChI=1S/C30H40N3O2/c1-2-3-4-5-6-7-8-9-10-18-29-31-30(35-32-29)26-21-19-24(20-22-26)23-33(34)28-17-13-15-25-14-11-12-16-27(25)28/h13,15,17,19-22H,2-12,14,16,18,23H2,1H3/q-1. The van der Waals surface area contributed by atoms with E-state index in [0.29, 0.717) is 12.4 Å². The molecule has 3 aromatic rings. The average molecular weight is 475 g/mol. The Morgan fingerprint density at radius 1 is 0.857 bits per heavy atom. The number of rotatable bonds is 14. The molecule has 0 saturated heterocycles. The van der Waals surface area contributed by atoms with E-state index in [1.165, 1.54) is 68.9 Å². The molecule has 5 nitrogen and oxygen atoms in total. The molecule has 1 aromatic heterocycles. The molecular formula is C30H40N3O2-. The maximum atomic E-state index is 12.9. The van der Waals surface area contributed by atoms with Gasteiger partial charge >= 0.3 is 0 Å². The highest BCUT2D eigenvalue weighted by Crippen LogP contribution is 2.31. The van der Waals surface area contributed by atoms with Gasteiger partial charge in [-0.1, -0.05) is 87.7 Å². The van der Waals surface area contributed by atoms with E-state index in [0.717, 1.165) is 59.8 Å². The summed E-state index contributed by atoms with van der Waals surface area (Å²) in [6.45, 7) is 2.60. The molecule has 0 spiro atoms. The van der Waals surface area contributed by atoms with Crippen molar-refractivity contribution < 1.29 is 4.52 Å². The topological polar surface area (TPSA) is 65.2 Å². The van der Waals surface area contributed by atoms with Crippen LogP contribution in [-0.4, -0.2) is 10.1 Å². The normalized spacial score (nSPS) is 13.1. The molecule has 2 aromatic carbocycles. The zero-order chi connectivity index (χ0) is 24.3. The molecule has 188 valence electrons. The zero-order valence-electron chi connectivity index (χ0n) is 21.3. The monoisotopic (exact) mass is 474 g/mol. The molecule has 5 heteroatoms. The molecule has 1 aliphatic carbocycles. The second kappa shape index (κ2) is 13.4. The number of unbranched alkanes of at least 4 members (excludes halogenated alkanes) is 8. The molecule has 0 bridgehead atoms. The first-order valence-corrected chi connectivity index (χ1v) is 13.7. The maximum absolute atomic E-state index is 12.9. The van der Waals surface area contributed by atoms with E-state index in [1.807, 2.05) is 36.4 Å². The van der Waals surface area contributed by atoms with Gasteiger partial charge < -0.3 is 14.8 Å². The predicted molar refractivity (Wildman–Crippen MR) is 143 cm³/mol. The average Bonchev–Trinajstić information content (AvgIpc) is 3.37. The third-order valence-electron chi connectivity index (χ3n) is 7.14. The molecule has 4 rings (SSSR count). The largest absolute Gasteiger partial charge is 0.758 e. The third-order valence-corrected chi connectivity index (χ3v) is 7.14. The fraction of sp³-hybridized carbons (Fsp3) is 0.533. The molecule has 0 atom stereocenters. The van der Waals surface area contributed by atoms with Gasteiger partial charge in [0.15, 0.2) is 5.82 Å². The van der Waals surface area contributed by atoms with Crippen molar-refractivity contribution in [2.24, 2.45) is 0 Å². The molecule has 0 radical (unpaired) electrons. The first kappa shape index (κ1) is 25.4. The van der Waals surface area contributed by atoms with Gasteiger partial charge in [0.2, 0.25) is 0 Å². The highest BCUT2D eigenvalue weighted by Gasteiger charge is 2.14. The number of hydrogen-bond donors (Lipinski definition) is 0. The number of fused-ring (bicyclic) bond motifs is 1. The summed E-state index contributed by atoms with van der Waals surface area (Å²) in [7, 11) is 0. The van der Waals surface area contributed by atoms with E-state index in [1.54, 1.807) is 0 Å². The van der Waals surface area contributed by atoms with Gasteiger partial charge in [0.25, 0.3) is 5.89 Å². The molecule has 0 amide bonds. The quantitative estimate of drug-likeness (QED) is 0.174. The number of aromatic nitrogens is 2. The number of benzene rings is 2. The van der Waals surface area contributed by atoms with Gasteiger partial charge in [0.05, 0.1) is 0 Å². The number of aryl methyl sites for hydroxylation is 2. The van der Waals surface area contributed by atoms with Gasteiger partial charge in [-0.3, -0.25) is 0 Å². The minimum atomic E-state index is 0.338. The summed E-state index contributed by atoms with van der Waals surface area (Å²) in [4.78, 5) is 4.58. The summed E-state index contributed by atoms with van der Waals surface area (Å²) in [6.07, 6.45) is 17.1. The fourth-order valence-corrected chi connectivity index (χ4v) is 5.07. The molecule has 0 unspecified atom stereocenters. The van der Waals surface area contributed by atoms with Gasteiger partial charge in [-0.25, -0.2) is 0 Å². The van der Waals surface area contributed by atoms with E-state index in [4.69, 9.17) is 4.52 Å². The lowest BCUT2D eigenvalue weighted by molar-refractivity contribution is 0.421. The van der Waals surface area contributed by atoms with Gasteiger partial charge in [-0.05, 0) is 67.0 Å². The molecule has 0 fully saturated rings. The van der Waals surface area contributed by atoms with Gasteiger partial charge in [0, 0.05) is 24.2 Å². The van der Waals surface area contributed by atoms with Crippen molar-refractivity contribution in [3.8, 4) is 11.5 Å². The lowest BCUT2D eigenvalue weighted by atomic mass is 9.90. The number of hydroxylamine groups is 1. The van der Waals surface area contributed by atoms with Gasteiger partial charge in [-0.2, -0.15) is 4.98 Å². The molecule has 1 heterocycles. The Morgan fingerprint density at radius 3 is 2.34 bits per heavy atom. The predicted octanol–water partition coefficient (Wildman–Crippen LogP) is 8.19. The van der Waals surface area contributed by atoms with Crippen molar-refractivity contribution >= 4 is 5.69 Å². The summed E-state index contributed by atoms with van der Waals surface area (Å²) < 4.78 is 5.50. The van der Waals surface area contributed by atoms with Gasteiger partial charge in [0.1, 0.15) is 0 Å². The first-order chi connectivity index (χ1) is 17.2. The maximum Gasteiger partial charge on any atom is 0.257 e. The van der Waals surface area contributed by atoms with Crippen LogP contribution in [0, 0.1) is 5.21 Å². The van der Waals surface area contributed by atoms with Crippen molar-refractivity contribution in [1.29, 1.82) is 0 Å². The smallest absolute Gasteiger partial charge is 0.257 e. The van der Waals surface area contributed by atoms with Crippen molar-refractivity contribution in [3.63, 3.8) is 0 Å². The van der Waals surface area contributed by atoms with Crippen LogP contribution in [0.4, 0.5) is 5.69 Å². The minimum Gasteiger partial charge on any atom is -0.758 e. The molecule has 0 aliphatic heterocycles. The fourth-order valence-electron chi connectivity index (χ4n) is 5.07. The van der Waals surface area contributed by atoms with Crippen molar-refractivity contribution in [2.75, 3.05) is 5.06 Å². The molecule has 0 saturated carbocycles. The van der Waals surface area contributed by atoms with Crippen LogP contribution in [0.5, 0.6) is 0 Å². The molecule has 1 aliphatic rings. The summed E-state index contributed by atoms with van der Waals surface area (Å²) in [5.41, 5.74) is 5.26. The highest BCUT2D eigenvalue weighted by atomic mass is 16.5. The molecule has 35 heavy (non-hydrogen) atoms. The first-order valence-electron chi connectivity index (χ1n) is 13.7. The van der Waals surface area contributed by atoms with Crippen LogP contribution in [0.25, 0.3) is 11.5 Å². The Bertz CT molecular complexity index is 1030. The summed E-state index contributed by atoms with van der Waals surface area (Å²) in [6, 6.07) is 14.0. The second-order valence-electron chi connectivity index (χ2n) is 9.95. The van der Waals surface area contributed by atoms with Crippen LogP contribution < -0.4 is 5.06 Å². The van der Waals surface area contributed by atoms with Crippen LogP contribution in [0.15, 0.2) is 47.0 Å². The van der Waals surface area contributed by atoms with Crippen LogP contribution in [0.1, 0.15) is 100 Å². The lowest BCUT2D eigenvalue weighted by Gasteiger charge is -2.34. The summed E-state index contributed by atoms with van der Waals surface area (Å²) >= 11 is 0. The van der Waals surface area contributed by atoms with Crippen LogP contribution in [0.3, 0.4) is 0 Å². The summed E-state index contributed by atoms with van der Waals surface area (Å²) in [5, 5.41) is 18.2. The molecule has 0 N–H and O–H groups in total. The van der Waals surface area contributed by atoms with E-state index in [9.17, 15) is 5.21 Å². The number of nitrogens with zero attached hydrogens (tertiary/aromatic N) is 3. The minimum absolute atomic E-state index is 0.338. The number of hydrogen-bond acceptors (Lipinski definition) is 5. The Hall–Kier alpha value is -2.66. The SMILES string of the molecule is CCCCCCCCCCCc1noc(-c2ccc(CN([O-])c3cccc4c3CCCC4)cc2)n1. The molecular weight excluding hydrogens is 434 g/mol. The number of anilines is 1. The van der Waals surface area contributed by atoms with Gasteiger partial charge in [-0.15, -0.1) is 0 Å². The van der Waals surface area contributed by atoms with Crippen molar-refractivity contribution in [3.05, 3.63) is 70.2 Å². The summed E-state index contributed by atoms with van der Waals surface area (Å²) in [5.74, 6) is 1.34. The third kappa shape index (κ3) is 7.41. The Morgan fingerprint density at radius 2 is 1.57 bits per heavy atom. The lowest BCUT2D eigenvalue weighted by Crippen LogP contribution is -2.18. The zero-order valence-corrected chi connectivity index (χ0v) is 21.3. The van der Waals surface area contributed by atoms with Crippen LogP contribution in [-0.2, 0) is 25.8 Å². The van der Waals surface area contributed by atoms with Crippen molar-refractivity contribution in [1.82, 2.24) is 10.1 Å². The highest BCUT2D eigenvalue weighted by molar-refractivity contribution is 5.59. The van der Waals surface area contributed by atoms with E-state index >= 15 is 0 Å². The van der Waals surface area contributed by atoms with E-state index < -0.39 is 0 Å². The van der Waals surface area contributed by atoms with Crippen molar-refractivity contribution in [2.45, 2.75) is 103 Å².